The minimum absolute atomic E-state index is 0.195. The van der Waals surface area contributed by atoms with E-state index in [0.717, 1.165) is 17.3 Å². The molecule has 1 aromatic heterocycles. The van der Waals surface area contributed by atoms with E-state index in [1.807, 2.05) is 45.0 Å². The predicted molar refractivity (Wildman–Crippen MR) is 78.6 cm³/mol. The number of hydrogen-bond donors (Lipinski definition) is 1. The number of benzene rings is 1. The van der Waals surface area contributed by atoms with E-state index in [2.05, 4.69) is 10.3 Å². The second-order valence-electron chi connectivity index (χ2n) is 5.20. The zero-order chi connectivity index (χ0) is 14.0. The van der Waals surface area contributed by atoms with E-state index in [1.54, 1.807) is 6.07 Å². The fourth-order valence-electron chi connectivity index (χ4n) is 1.71. The molecule has 0 atom stereocenters. The van der Waals surface area contributed by atoms with Crippen LogP contribution < -0.4 is 5.32 Å². The summed E-state index contributed by atoms with van der Waals surface area (Å²) in [6.45, 7) is 5.99. The van der Waals surface area contributed by atoms with Crippen molar-refractivity contribution < 1.29 is 4.79 Å². The third kappa shape index (κ3) is 3.04. The zero-order valence-corrected chi connectivity index (χ0v) is 12.1. The molecule has 0 radical (unpaired) electrons. The van der Waals surface area contributed by atoms with E-state index in [-0.39, 0.29) is 11.4 Å². The largest absolute Gasteiger partial charge is 0.346 e. The van der Waals surface area contributed by atoms with Gasteiger partial charge in [0.05, 0.1) is 10.5 Å². The van der Waals surface area contributed by atoms with Crippen molar-refractivity contribution in [1.29, 1.82) is 0 Å². The number of pyridine rings is 1. The van der Waals surface area contributed by atoms with Gasteiger partial charge in [-0.3, -0.25) is 4.79 Å². The Morgan fingerprint density at radius 2 is 2.05 bits per heavy atom. The Hall–Kier alpha value is -1.61. The van der Waals surface area contributed by atoms with Crippen molar-refractivity contribution >= 4 is 28.4 Å². The van der Waals surface area contributed by atoms with E-state index in [9.17, 15) is 4.79 Å². The maximum absolute atomic E-state index is 12.2. The Balaban J connectivity index is 2.38. The Bertz CT molecular complexity index is 623. The lowest BCUT2D eigenvalue weighted by Gasteiger charge is -2.24. The van der Waals surface area contributed by atoms with Crippen LogP contribution in [0, 0.1) is 0 Å². The third-order valence-corrected chi connectivity index (χ3v) is 3.55. The molecule has 0 aliphatic heterocycles. The Labute approximate surface area is 118 Å². The van der Waals surface area contributed by atoms with E-state index >= 15 is 0 Å². The highest BCUT2D eigenvalue weighted by Gasteiger charge is 2.20. The van der Waals surface area contributed by atoms with Crippen molar-refractivity contribution in [3.63, 3.8) is 0 Å². The van der Waals surface area contributed by atoms with Crippen LogP contribution in [0.5, 0.6) is 0 Å². The number of carbonyl (C=O) groups excluding carboxylic acids is 1. The topological polar surface area (TPSA) is 42.0 Å². The number of amides is 1. The van der Waals surface area contributed by atoms with E-state index < -0.39 is 0 Å². The average Bonchev–Trinajstić information content (AvgIpc) is 2.38. The number of hydrogen-bond acceptors (Lipinski definition) is 2. The van der Waals surface area contributed by atoms with Gasteiger partial charge in [-0.25, -0.2) is 4.98 Å². The van der Waals surface area contributed by atoms with Gasteiger partial charge in [-0.15, -0.1) is 0 Å². The third-order valence-electron chi connectivity index (χ3n) is 3.23. The Morgan fingerprint density at radius 3 is 2.74 bits per heavy atom. The molecule has 100 valence electrons. The fraction of sp³-hybridized carbons (Fsp3) is 0.333. The number of nitrogens with one attached hydrogen (secondary N) is 1. The van der Waals surface area contributed by atoms with Gasteiger partial charge < -0.3 is 5.32 Å². The first-order valence-electron chi connectivity index (χ1n) is 6.31. The maximum atomic E-state index is 12.2. The highest BCUT2D eigenvalue weighted by Crippen LogP contribution is 2.23. The van der Waals surface area contributed by atoms with Crippen LogP contribution in [0.4, 0.5) is 0 Å². The van der Waals surface area contributed by atoms with Crippen LogP contribution in [0.3, 0.4) is 0 Å². The molecule has 0 fully saturated rings. The van der Waals surface area contributed by atoms with Crippen molar-refractivity contribution in [2.24, 2.45) is 0 Å². The minimum Gasteiger partial charge on any atom is -0.346 e. The van der Waals surface area contributed by atoms with Crippen molar-refractivity contribution in [1.82, 2.24) is 10.3 Å². The van der Waals surface area contributed by atoms with Crippen LogP contribution in [-0.4, -0.2) is 16.4 Å². The first kappa shape index (κ1) is 13.8. The summed E-state index contributed by atoms with van der Waals surface area (Å²) in [6.07, 6.45) is 0.847. The van der Waals surface area contributed by atoms with Crippen molar-refractivity contribution in [2.45, 2.75) is 32.7 Å². The van der Waals surface area contributed by atoms with Crippen LogP contribution in [0.15, 0.2) is 30.3 Å². The molecule has 0 saturated carbocycles. The van der Waals surface area contributed by atoms with Crippen LogP contribution in [-0.2, 0) is 0 Å². The van der Waals surface area contributed by atoms with Crippen LogP contribution in [0.2, 0.25) is 5.02 Å². The van der Waals surface area contributed by atoms with Gasteiger partial charge in [-0.05, 0) is 32.4 Å². The second kappa shape index (κ2) is 5.17. The van der Waals surface area contributed by atoms with Crippen molar-refractivity contribution in [3.8, 4) is 0 Å². The molecule has 4 heteroatoms. The summed E-state index contributed by atoms with van der Waals surface area (Å²) in [4.78, 5) is 16.5. The van der Waals surface area contributed by atoms with Gasteiger partial charge in [0.2, 0.25) is 0 Å². The summed E-state index contributed by atoms with van der Waals surface area (Å²) in [5, 5.41) is 4.36. The lowest BCUT2D eigenvalue weighted by molar-refractivity contribution is 0.0906. The summed E-state index contributed by atoms with van der Waals surface area (Å²) in [5.41, 5.74) is 0.830. The first-order chi connectivity index (χ1) is 8.93. The summed E-state index contributed by atoms with van der Waals surface area (Å²) in [6, 6.07) is 9.13. The molecule has 0 saturated heterocycles. The highest BCUT2D eigenvalue weighted by atomic mass is 35.5. The Morgan fingerprint density at radius 1 is 1.37 bits per heavy atom. The van der Waals surface area contributed by atoms with Gasteiger partial charge in [0.15, 0.2) is 0 Å². The maximum Gasteiger partial charge on any atom is 0.270 e. The number of para-hydroxylation sites is 1. The van der Waals surface area contributed by atoms with Gasteiger partial charge in [0.1, 0.15) is 5.69 Å². The molecule has 1 aromatic carbocycles. The number of carbonyl (C=O) groups is 1. The smallest absolute Gasteiger partial charge is 0.270 e. The molecule has 3 nitrogen and oxygen atoms in total. The number of nitrogens with zero attached hydrogens (tertiary/aromatic N) is 1. The lowest BCUT2D eigenvalue weighted by atomic mass is 10.0. The molecule has 0 aliphatic carbocycles. The number of fused-ring (bicyclic) bond motifs is 1. The molecule has 2 rings (SSSR count). The molecule has 1 heterocycles. The number of rotatable bonds is 3. The molecule has 1 N–H and O–H groups in total. The van der Waals surface area contributed by atoms with Crippen molar-refractivity contribution in [3.05, 3.63) is 41.0 Å². The van der Waals surface area contributed by atoms with Crippen LogP contribution in [0.25, 0.3) is 10.9 Å². The lowest BCUT2D eigenvalue weighted by Crippen LogP contribution is -2.43. The van der Waals surface area contributed by atoms with E-state index in [4.69, 9.17) is 11.6 Å². The summed E-state index contributed by atoms with van der Waals surface area (Å²) in [7, 11) is 0. The monoisotopic (exact) mass is 276 g/mol. The van der Waals surface area contributed by atoms with Gasteiger partial charge in [-0.2, -0.15) is 0 Å². The van der Waals surface area contributed by atoms with Gasteiger partial charge in [0, 0.05) is 10.9 Å². The molecular formula is C15H17ClN2O. The van der Waals surface area contributed by atoms with E-state index in [1.165, 1.54) is 0 Å². The fourth-order valence-corrected chi connectivity index (χ4v) is 1.97. The molecular weight excluding hydrogens is 260 g/mol. The SMILES string of the molecule is CCC(C)(C)NC(=O)c1cc(Cl)c2ccccc2n1. The van der Waals surface area contributed by atoms with Crippen LogP contribution >= 0.6 is 11.6 Å². The van der Waals surface area contributed by atoms with Gasteiger partial charge >= 0.3 is 0 Å². The summed E-state index contributed by atoms with van der Waals surface area (Å²) < 4.78 is 0. The molecule has 0 unspecified atom stereocenters. The average molecular weight is 277 g/mol. The molecule has 0 spiro atoms. The molecule has 19 heavy (non-hydrogen) atoms. The standard InChI is InChI=1S/C15H17ClN2O/c1-4-15(2,3)18-14(19)13-9-11(16)10-7-5-6-8-12(10)17-13/h5-9H,4H2,1-3H3,(H,18,19). The van der Waals surface area contributed by atoms with Crippen LogP contribution in [0.1, 0.15) is 37.7 Å². The predicted octanol–water partition coefficient (Wildman–Crippen LogP) is 3.81. The van der Waals surface area contributed by atoms with Gasteiger partial charge in [0.25, 0.3) is 5.91 Å². The van der Waals surface area contributed by atoms with Gasteiger partial charge in [-0.1, -0.05) is 36.7 Å². The van der Waals surface area contributed by atoms with Crippen molar-refractivity contribution in [2.75, 3.05) is 0 Å². The van der Waals surface area contributed by atoms with E-state index in [0.29, 0.717) is 10.7 Å². The second-order valence-corrected chi connectivity index (χ2v) is 5.61. The first-order valence-corrected chi connectivity index (χ1v) is 6.68. The normalized spacial score (nSPS) is 11.6. The number of halogens is 1. The Kier molecular flexibility index (Phi) is 3.76. The summed E-state index contributed by atoms with van der Waals surface area (Å²) in [5.74, 6) is -0.195. The quantitative estimate of drug-likeness (QED) is 0.926. The molecule has 1 amide bonds. The zero-order valence-electron chi connectivity index (χ0n) is 11.3. The number of aromatic nitrogens is 1. The molecule has 0 aliphatic rings. The molecule has 2 aromatic rings. The molecule has 0 bridgehead atoms. The highest BCUT2D eigenvalue weighted by molar-refractivity contribution is 6.35. The summed E-state index contributed by atoms with van der Waals surface area (Å²) >= 11 is 6.19. The minimum atomic E-state index is -0.253.